The maximum atomic E-state index is 9.36. The van der Waals surface area contributed by atoms with E-state index >= 15 is 0 Å². The summed E-state index contributed by atoms with van der Waals surface area (Å²) in [6, 6.07) is 0. The first-order valence-electron chi connectivity index (χ1n) is 3.39. The van der Waals surface area contributed by atoms with E-state index in [0.29, 0.717) is 5.16 Å². The molecule has 0 fully saturated rings. The maximum absolute atomic E-state index is 9.36. The third kappa shape index (κ3) is 1.57. The lowest BCUT2D eigenvalue weighted by atomic mass is 10.4. The van der Waals surface area contributed by atoms with Gasteiger partial charge in [0.25, 0.3) is 5.91 Å². The van der Waals surface area contributed by atoms with Gasteiger partial charge in [-0.3, -0.25) is 0 Å². The molecular formula is C5H10N4O2S. The molecule has 1 heterocycles. The molecule has 2 N–H and O–H groups in total. The fourth-order valence-corrected chi connectivity index (χ4v) is 1.15. The lowest BCUT2D eigenvalue weighted by Gasteiger charge is -2.19. The molecule has 0 saturated heterocycles. The lowest BCUT2D eigenvalue weighted by molar-refractivity contribution is -0.243. The van der Waals surface area contributed by atoms with Crippen molar-refractivity contribution in [3.63, 3.8) is 0 Å². The van der Waals surface area contributed by atoms with Crippen molar-refractivity contribution in [3.05, 3.63) is 0 Å². The predicted octanol–water partition coefficient (Wildman–Crippen LogP) is -0.600. The smallest absolute Gasteiger partial charge is 0.269 e. The van der Waals surface area contributed by atoms with Crippen molar-refractivity contribution in [2.75, 3.05) is 6.26 Å². The van der Waals surface area contributed by atoms with Gasteiger partial charge in [0, 0.05) is 6.42 Å². The molecule has 1 aromatic rings. The lowest BCUT2D eigenvalue weighted by Crippen LogP contribution is -2.33. The highest BCUT2D eigenvalue weighted by Gasteiger charge is 2.27. The SMILES string of the molecule is CCC(O)(O)n1nnnc1SC. The fraction of sp³-hybridized carbons (Fsp3) is 0.800. The van der Waals surface area contributed by atoms with Gasteiger partial charge in [0.2, 0.25) is 5.16 Å². The summed E-state index contributed by atoms with van der Waals surface area (Å²) < 4.78 is 0.984. The molecule has 6 nitrogen and oxygen atoms in total. The number of nitrogens with zero attached hydrogens (tertiary/aromatic N) is 4. The third-order valence-corrected chi connectivity index (χ3v) is 2.06. The van der Waals surface area contributed by atoms with Crippen LogP contribution in [0.1, 0.15) is 13.3 Å². The van der Waals surface area contributed by atoms with Crippen molar-refractivity contribution in [2.45, 2.75) is 24.4 Å². The van der Waals surface area contributed by atoms with E-state index in [4.69, 9.17) is 0 Å². The van der Waals surface area contributed by atoms with Crippen LogP contribution in [0, 0.1) is 0 Å². The van der Waals surface area contributed by atoms with Crippen LogP contribution in [0.2, 0.25) is 0 Å². The van der Waals surface area contributed by atoms with Gasteiger partial charge in [-0.05, 0) is 16.7 Å². The van der Waals surface area contributed by atoms with Gasteiger partial charge in [0.05, 0.1) is 0 Å². The Kier molecular flexibility index (Phi) is 2.65. The molecule has 0 aliphatic rings. The van der Waals surface area contributed by atoms with Gasteiger partial charge in [-0.25, -0.2) is 0 Å². The molecule has 0 aliphatic carbocycles. The number of hydrogen-bond donors (Lipinski definition) is 2. The molecule has 1 rings (SSSR count). The largest absolute Gasteiger partial charge is 0.347 e. The van der Waals surface area contributed by atoms with Crippen LogP contribution < -0.4 is 0 Å². The van der Waals surface area contributed by atoms with Gasteiger partial charge in [-0.2, -0.15) is 4.68 Å². The van der Waals surface area contributed by atoms with Gasteiger partial charge >= 0.3 is 0 Å². The monoisotopic (exact) mass is 190 g/mol. The van der Waals surface area contributed by atoms with Crippen molar-refractivity contribution < 1.29 is 10.2 Å². The molecule has 0 spiro atoms. The second-order valence-corrected chi connectivity index (χ2v) is 2.98. The Morgan fingerprint density at radius 3 is 2.75 bits per heavy atom. The molecule has 0 atom stereocenters. The van der Waals surface area contributed by atoms with Crippen molar-refractivity contribution in [1.82, 2.24) is 20.2 Å². The Hall–Kier alpha value is -0.660. The minimum atomic E-state index is -1.98. The molecule has 12 heavy (non-hydrogen) atoms. The van der Waals surface area contributed by atoms with Gasteiger partial charge in [0.1, 0.15) is 0 Å². The zero-order chi connectivity index (χ0) is 9.19. The molecule has 0 bridgehead atoms. The van der Waals surface area contributed by atoms with Crippen molar-refractivity contribution in [3.8, 4) is 0 Å². The second-order valence-electron chi connectivity index (χ2n) is 2.21. The number of thioether (sulfide) groups is 1. The normalized spacial score (nSPS) is 12.0. The summed E-state index contributed by atoms with van der Waals surface area (Å²) in [6.45, 7) is 1.63. The highest BCUT2D eigenvalue weighted by molar-refractivity contribution is 7.98. The minimum Gasteiger partial charge on any atom is -0.347 e. The molecule has 0 unspecified atom stereocenters. The summed E-state index contributed by atoms with van der Waals surface area (Å²) in [5.74, 6) is -1.98. The van der Waals surface area contributed by atoms with Crippen molar-refractivity contribution in [1.29, 1.82) is 0 Å². The highest BCUT2D eigenvalue weighted by atomic mass is 32.2. The van der Waals surface area contributed by atoms with Gasteiger partial charge in [-0.1, -0.05) is 18.7 Å². The summed E-state index contributed by atoms with van der Waals surface area (Å²) in [5, 5.41) is 29.5. The molecular weight excluding hydrogens is 180 g/mol. The zero-order valence-corrected chi connectivity index (χ0v) is 7.62. The van der Waals surface area contributed by atoms with Crippen molar-refractivity contribution >= 4 is 11.8 Å². The molecule has 68 valence electrons. The van der Waals surface area contributed by atoms with Gasteiger partial charge in [-0.15, -0.1) is 5.10 Å². The number of tetrazole rings is 1. The average Bonchev–Trinajstić information content (AvgIpc) is 2.52. The molecule has 0 amide bonds. The number of rotatable bonds is 3. The van der Waals surface area contributed by atoms with Crippen LogP contribution >= 0.6 is 11.8 Å². The van der Waals surface area contributed by atoms with Crippen LogP contribution in [0.5, 0.6) is 0 Å². The summed E-state index contributed by atoms with van der Waals surface area (Å²) in [5.41, 5.74) is 0. The summed E-state index contributed by atoms with van der Waals surface area (Å²) in [7, 11) is 0. The summed E-state index contributed by atoms with van der Waals surface area (Å²) in [6.07, 6.45) is 1.89. The zero-order valence-electron chi connectivity index (χ0n) is 6.80. The number of hydrogen-bond acceptors (Lipinski definition) is 6. The molecule has 0 aromatic carbocycles. The van der Waals surface area contributed by atoms with E-state index in [9.17, 15) is 10.2 Å². The first kappa shape index (κ1) is 9.43. The van der Waals surface area contributed by atoms with E-state index in [0.717, 1.165) is 4.68 Å². The van der Waals surface area contributed by atoms with Crippen LogP contribution in [0.15, 0.2) is 5.16 Å². The van der Waals surface area contributed by atoms with E-state index < -0.39 is 5.91 Å². The number of aliphatic hydroxyl groups is 2. The second kappa shape index (κ2) is 3.38. The molecule has 1 aromatic heterocycles. The van der Waals surface area contributed by atoms with E-state index in [2.05, 4.69) is 15.5 Å². The van der Waals surface area contributed by atoms with Gasteiger partial charge < -0.3 is 10.2 Å². The Morgan fingerprint density at radius 2 is 2.25 bits per heavy atom. The maximum Gasteiger partial charge on any atom is 0.269 e. The Labute approximate surface area is 73.6 Å². The Balaban J connectivity index is 3.00. The Morgan fingerprint density at radius 1 is 1.58 bits per heavy atom. The molecule has 0 aliphatic heterocycles. The third-order valence-electron chi connectivity index (χ3n) is 1.44. The minimum absolute atomic E-state index is 0.131. The highest BCUT2D eigenvalue weighted by Crippen LogP contribution is 2.18. The van der Waals surface area contributed by atoms with E-state index in [1.165, 1.54) is 11.8 Å². The molecule has 7 heteroatoms. The summed E-state index contributed by atoms with van der Waals surface area (Å²) >= 11 is 1.25. The van der Waals surface area contributed by atoms with Crippen LogP contribution in [-0.4, -0.2) is 36.7 Å². The number of aromatic nitrogens is 4. The molecule has 0 saturated carbocycles. The quantitative estimate of drug-likeness (QED) is 0.489. The van der Waals surface area contributed by atoms with E-state index in [1.807, 2.05) is 0 Å². The van der Waals surface area contributed by atoms with Crippen molar-refractivity contribution in [2.24, 2.45) is 0 Å². The first-order valence-corrected chi connectivity index (χ1v) is 4.62. The van der Waals surface area contributed by atoms with Crippen LogP contribution in [-0.2, 0) is 5.91 Å². The van der Waals surface area contributed by atoms with Crippen LogP contribution in [0.3, 0.4) is 0 Å². The van der Waals surface area contributed by atoms with E-state index in [1.54, 1.807) is 13.2 Å². The van der Waals surface area contributed by atoms with Crippen LogP contribution in [0.25, 0.3) is 0 Å². The fourth-order valence-electron chi connectivity index (χ4n) is 0.681. The van der Waals surface area contributed by atoms with Gasteiger partial charge in [0.15, 0.2) is 0 Å². The average molecular weight is 190 g/mol. The van der Waals surface area contributed by atoms with Crippen LogP contribution in [0.4, 0.5) is 0 Å². The Bertz CT molecular complexity index is 262. The summed E-state index contributed by atoms with van der Waals surface area (Å²) in [4.78, 5) is 0. The predicted molar refractivity (Wildman–Crippen MR) is 42.3 cm³/mol. The van der Waals surface area contributed by atoms with E-state index in [-0.39, 0.29) is 6.42 Å². The first-order chi connectivity index (χ1) is 5.61. The standard InChI is InChI=1S/C5H10N4O2S/c1-3-5(10,11)9-4(12-2)6-7-8-9/h10-11H,3H2,1-2H3. The molecule has 0 radical (unpaired) electrons. The topological polar surface area (TPSA) is 84.1 Å².